The summed E-state index contributed by atoms with van der Waals surface area (Å²) >= 11 is 0. The molecule has 3 N–H and O–H groups in total. The molecule has 0 aliphatic carbocycles. The number of aromatic nitrogens is 2. The third kappa shape index (κ3) is 6.52. The highest BCUT2D eigenvalue weighted by Crippen LogP contribution is 2.34. The second-order valence-corrected chi connectivity index (χ2v) is 10.5. The highest BCUT2D eigenvalue weighted by molar-refractivity contribution is 6.00. The van der Waals surface area contributed by atoms with Crippen molar-refractivity contribution in [2.24, 2.45) is 13.0 Å². The van der Waals surface area contributed by atoms with Crippen LogP contribution in [0.1, 0.15) is 56.0 Å². The molecule has 5 rings (SSSR count). The van der Waals surface area contributed by atoms with E-state index in [-0.39, 0.29) is 23.9 Å². The van der Waals surface area contributed by atoms with Crippen LogP contribution < -0.4 is 16.3 Å². The molecule has 3 fully saturated rings. The maximum Gasteiger partial charge on any atom is 0.490 e. The molecule has 13 heteroatoms. The maximum atomic E-state index is 13.2. The number of carbonyl (C=O) groups excluding carboxylic acids is 2. The van der Waals surface area contributed by atoms with Crippen LogP contribution in [0.25, 0.3) is 11.0 Å². The summed E-state index contributed by atoms with van der Waals surface area (Å²) in [6.45, 7) is 5.56. The van der Waals surface area contributed by atoms with Gasteiger partial charge in [0.05, 0.1) is 11.0 Å². The summed E-state index contributed by atoms with van der Waals surface area (Å²) < 4.78 is 35.0. The predicted molar refractivity (Wildman–Crippen MR) is 136 cm³/mol. The summed E-state index contributed by atoms with van der Waals surface area (Å²) in [5.41, 5.74) is 2.73. The molecule has 0 saturated carbocycles. The van der Waals surface area contributed by atoms with E-state index in [9.17, 15) is 27.6 Å². The van der Waals surface area contributed by atoms with Crippen LogP contribution in [0.15, 0.2) is 23.0 Å². The van der Waals surface area contributed by atoms with Crippen LogP contribution in [0, 0.1) is 5.92 Å². The van der Waals surface area contributed by atoms with Crippen molar-refractivity contribution in [3.8, 4) is 0 Å². The number of amides is 2. The second kappa shape index (κ2) is 11.9. The number of carboxylic acids is 1. The third-order valence-corrected chi connectivity index (χ3v) is 7.82. The van der Waals surface area contributed by atoms with E-state index in [0.717, 1.165) is 62.5 Å². The molecule has 39 heavy (non-hydrogen) atoms. The molecule has 1 aromatic carbocycles. The average molecular weight is 554 g/mol. The lowest BCUT2D eigenvalue weighted by Gasteiger charge is -2.36. The van der Waals surface area contributed by atoms with Crippen molar-refractivity contribution in [3.63, 3.8) is 0 Å². The van der Waals surface area contributed by atoms with Gasteiger partial charge in [0, 0.05) is 26.6 Å². The standard InChI is InChI=1S/C24H33N5O3.C2HF3O2/c1-27-22-18(17-4-3-13-28(15-17)14-16-9-11-25-12-10-16)5-2-6-19(22)29(24(27)32)20-7-8-21(30)26-23(20)31;3-2(4,5)1(6)7/h2,5-6,16-17,20,25H,3-4,7-15H2,1H3,(H,26,30,31);(H,6,7). The number of hydrogen-bond donors (Lipinski definition) is 3. The number of likely N-dealkylation sites (tertiary alicyclic amines) is 1. The van der Waals surface area contributed by atoms with Gasteiger partial charge in [-0.2, -0.15) is 13.2 Å². The molecular weight excluding hydrogens is 519 g/mol. The Bertz CT molecular complexity index is 1280. The number of carbonyl (C=O) groups is 3. The van der Waals surface area contributed by atoms with E-state index in [2.05, 4.69) is 21.6 Å². The van der Waals surface area contributed by atoms with Gasteiger partial charge in [-0.15, -0.1) is 0 Å². The smallest absolute Gasteiger partial charge is 0.475 e. The number of halogens is 3. The number of piperidine rings is 3. The Balaban J connectivity index is 0.000000448. The Kier molecular flexibility index (Phi) is 8.80. The molecule has 3 saturated heterocycles. The molecule has 10 nitrogen and oxygen atoms in total. The lowest BCUT2D eigenvalue weighted by atomic mass is 9.88. The lowest BCUT2D eigenvalue weighted by Crippen LogP contribution is -2.44. The summed E-state index contributed by atoms with van der Waals surface area (Å²) in [5, 5.41) is 13.0. The number of fused-ring (bicyclic) bond motifs is 1. The van der Waals surface area contributed by atoms with Gasteiger partial charge in [0.15, 0.2) is 0 Å². The van der Waals surface area contributed by atoms with Crippen molar-refractivity contribution < 1.29 is 32.7 Å². The molecule has 1 aromatic heterocycles. The first-order chi connectivity index (χ1) is 18.5. The number of imidazole rings is 1. The second-order valence-electron chi connectivity index (χ2n) is 10.5. The SMILES string of the molecule is Cn1c(=O)n(C2CCC(=O)NC2=O)c2cccc(C3CCCN(CC4CCNCC4)C3)c21.O=C(O)C(F)(F)F. The number of aliphatic carboxylic acids is 1. The quantitative estimate of drug-likeness (QED) is 0.496. The number of nitrogens with one attached hydrogen (secondary N) is 2. The van der Waals surface area contributed by atoms with Gasteiger partial charge in [-0.25, -0.2) is 9.59 Å². The van der Waals surface area contributed by atoms with Crippen molar-refractivity contribution in [3.05, 3.63) is 34.2 Å². The zero-order valence-corrected chi connectivity index (χ0v) is 21.8. The van der Waals surface area contributed by atoms with Crippen LogP contribution in [-0.2, 0) is 21.4 Å². The third-order valence-electron chi connectivity index (χ3n) is 7.82. The van der Waals surface area contributed by atoms with Crippen molar-refractivity contribution in [2.45, 2.75) is 56.7 Å². The normalized spacial score (nSPS) is 23.3. The van der Waals surface area contributed by atoms with E-state index >= 15 is 0 Å². The Morgan fingerprint density at radius 1 is 1.10 bits per heavy atom. The highest BCUT2D eigenvalue weighted by Gasteiger charge is 2.38. The number of benzene rings is 1. The van der Waals surface area contributed by atoms with E-state index in [1.807, 2.05) is 12.1 Å². The van der Waals surface area contributed by atoms with E-state index in [0.29, 0.717) is 12.3 Å². The molecule has 214 valence electrons. The van der Waals surface area contributed by atoms with Crippen LogP contribution >= 0.6 is 0 Å². The predicted octanol–water partition coefficient (Wildman–Crippen LogP) is 2.13. The molecule has 2 aromatic rings. The van der Waals surface area contributed by atoms with E-state index < -0.39 is 18.2 Å². The van der Waals surface area contributed by atoms with Crippen molar-refractivity contribution in [1.29, 1.82) is 0 Å². The lowest BCUT2D eigenvalue weighted by molar-refractivity contribution is -0.192. The van der Waals surface area contributed by atoms with E-state index in [1.54, 1.807) is 16.2 Å². The number of alkyl halides is 3. The molecule has 3 aliphatic heterocycles. The molecule has 4 heterocycles. The molecule has 2 amide bonds. The Morgan fingerprint density at radius 3 is 2.44 bits per heavy atom. The Labute approximate surface area is 223 Å². The number of aryl methyl sites for hydroxylation is 1. The van der Waals surface area contributed by atoms with Gasteiger partial charge in [-0.3, -0.25) is 24.0 Å². The van der Waals surface area contributed by atoms with E-state index in [4.69, 9.17) is 9.90 Å². The van der Waals surface area contributed by atoms with Crippen LogP contribution in [-0.4, -0.2) is 75.8 Å². The molecule has 2 unspecified atom stereocenters. The summed E-state index contributed by atoms with van der Waals surface area (Å²) in [6, 6.07) is 5.45. The van der Waals surface area contributed by atoms with Crippen LogP contribution in [0.5, 0.6) is 0 Å². The minimum atomic E-state index is -5.08. The zero-order valence-electron chi connectivity index (χ0n) is 21.8. The molecule has 0 spiro atoms. The average Bonchev–Trinajstić information content (AvgIpc) is 3.14. The number of hydrogen-bond acceptors (Lipinski definition) is 6. The number of rotatable bonds is 4. The molecule has 3 aliphatic rings. The van der Waals surface area contributed by atoms with Gasteiger partial charge >= 0.3 is 17.8 Å². The minimum Gasteiger partial charge on any atom is -0.475 e. The van der Waals surface area contributed by atoms with Crippen LogP contribution in [0.3, 0.4) is 0 Å². The van der Waals surface area contributed by atoms with Crippen molar-refractivity contribution >= 4 is 28.8 Å². The van der Waals surface area contributed by atoms with Gasteiger partial charge in [-0.1, -0.05) is 12.1 Å². The van der Waals surface area contributed by atoms with Gasteiger partial charge in [0.2, 0.25) is 11.8 Å². The zero-order chi connectivity index (χ0) is 28.3. The fourth-order valence-corrected chi connectivity index (χ4v) is 5.93. The number of carboxylic acid groups (broad SMARTS) is 1. The van der Waals surface area contributed by atoms with Crippen LogP contribution in [0.2, 0.25) is 0 Å². The first-order valence-electron chi connectivity index (χ1n) is 13.2. The monoisotopic (exact) mass is 553 g/mol. The maximum absolute atomic E-state index is 13.2. The van der Waals surface area contributed by atoms with Gasteiger partial charge in [0.1, 0.15) is 6.04 Å². The summed E-state index contributed by atoms with van der Waals surface area (Å²) in [5.74, 6) is -2.27. The topological polar surface area (TPSA) is 126 Å². The fourth-order valence-electron chi connectivity index (χ4n) is 5.93. The summed E-state index contributed by atoms with van der Waals surface area (Å²) in [6.07, 6.45) is 0.308. The first kappa shape index (κ1) is 28.8. The fraction of sp³-hybridized carbons (Fsp3) is 0.615. The Morgan fingerprint density at radius 2 is 1.79 bits per heavy atom. The number of nitrogens with zero attached hydrogens (tertiary/aromatic N) is 3. The molecular formula is C26H34F3N5O5. The molecule has 2 atom stereocenters. The van der Waals surface area contributed by atoms with Gasteiger partial charge in [0.25, 0.3) is 0 Å². The summed E-state index contributed by atoms with van der Waals surface area (Å²) in [7, 11) is 1.80. The number of imide groups is 1. The van der Waals surface area contributed by atoms with E-state index in [1.165, 1.54) is 18.4 Å². The van der Waals surface area contributed by atoms with Crippen molar-refractivity contribution in [2.75, 3.05) is 32.7 Å². The Hall–Kier alpha value is -3.19. The number of para-hydroxylation sites is 1. The van der Waals surface area contributed by atoms with Gasteiger partial charge in [-0.05, 0) is 75.2 Å². The molecule has 0 radical (unpaired) electrons. The highest BCUT2D eigenvalue weighted by atomic mass is 19.4. The van der Waals surface area contributed by atoms with Gasteiger partial charge < -0.3 is 15.3 Å². The first-order valence-corrected chi connectivity index (χ1v) is 13.2. The van der Waals surface area contributed by atoms with Crippen LogP contribution in [0.4, 0.5) is 13.2 Å². The van der Waals surface area contributed by atoms with Crippen molar-refractivity contribution in [1.82, 2.24) is 24.7 Å². The summed E-state index contributed by atoms with van der Waals surface area (Å²) in [4.78, 5) is 48.8. The minimum absolute atomic E-state index is 0.190. The largest absolute Gasteiger partial charge is 0.490 e. The molecule has 0 bridgehead atoms.